The predicted octanol–water partition coefficient (Wildman–Crippen LogP) is 1.86. The molecule has 2 aromatic rings. The van der Waals surface area contributed by atoms with Crippen molar-refractivity contribution in [2.45, 2.75) is 0 Å². The Bertz CT molecular complexity index is 804. The normalized spacial score (nSPS) is 13.5. The SMILES string of the molecule is Nc1cccc2c1C(=O)N(C(=O)c1ncccc1Br)C2=O. The summed E-state index contributed by atoms with van der Waals surface area (Å²) in [7, 11) is 0. The first-order valence-corrected chi connectivity index (χ1v) is 6.74. The van der Waals surface area contributed by atoms with E-state index in [0.29, 0.717) is 9.37 Å². The summed E-state index contributed by atoms with van der Waals surface area (Å²) in [5.74, 6) is -2.20. The number of nitrogens with two attached hydrogens (primary N) is 1. The maximum Gasteiger partial charge on any atom is 0.287 e. The summed E-state index contributed by atoms with van der Waals surface area (Å²) in [4.78, 5) is 41.5. The Morgan fingerprint density at radius 2 is 1.90 bits per heavy atom. The molecule has 0 saturated heterocycles. The number of halogens is 1. The van der Waals surface area contributed by atoms with Crippen molar-refractivity contribution in [2.24, 2.45) is 0 Å². The van der Waals surface area contributed by atoms with Gasteiger partial charge in [0.15, 0.2) is 0 Å². The Labute approximate surface area is 127 Å². The monoisotopic (exact) mass is 345 g/mol. The summed E-state index contributed by atoms with van der Waals surface area (Å²) in [6, 6.07) is 7.76. The van der Waals surface area contributed by atoms with Gasteiger partial charge in [-0.05, 0) is 40.2 Å². The van der Waals surface area contributed by atoms with Gasteiger partial charge in [0.1, 0.15) is 5.69 Å². The third kappa shape index (κ3) is 1.93. The molecule has 0 aliphatic carbocycles. The van der Waals surface area contributed by atoms with Crippen molar-refractivity contribution >= 4 is 39.3 Å². The average Bonchev–Trinajstić information content (AvgIpc) is 2.72. The van der Waals surface area contributed by atoms with Crippen LogP contribution in [0.2, 0.25) is 0 Å². The number of benzene rings is 1. The molecule has 0 spiro atoms. The first-order valence-electron chi connectivity index (χ1n) is 5.94. The van der Waals surface area contributed by atoms with Crippen LogP contribution in [-0.4, -0.2) is 27.6 Å². The Morgan fingerprint density at radius 1 is 1.14 bits per heavy atom. The molecule has 1 aromatic heterocycles. The molecule has 2 heterocycles. The molecule has 1 aromatic carbocycles. The molecule has 104 valence electrons. The number of pyridine rings is 1. The van der Waals surface area contributed by atoms with Gasteiger partial charge in [-0.3, -0.25) is 14.4 Å². The number of amides is 3. The van der Waals surface area contributed by atoms with Crippen molar-refractivity contribution in [3.63, 3.8) is 0 Å². The number of carbonyl (C=O) groups excluding carboxylic acids is 3. The molecule has 0 unspecified atom stereocenters. The van der Waals surface area contributed by atoms with Crippen molar-refractivity contribution < 1.29 is 14.4 Å². The molecule has 3 amide bonds. The highest BCUT2D eigenvalue weighted by atomic mass is 79.9. The number of carbonyl (C=O) groups is 3. The molecule has 0 atom stereocenters. The minimum Gasteiger partial charge on any atom is -0.398 e. The fourth-order valence-electron chi connectivity index (χ4n) is 2.14. The van der Waals surface area contributed by atoms with E-state index in [0.717, 1.165) is 0 Å². The molecule has 6 nitrogen and oxygen atoms in total. The summed E-state index contributed by atoms with van der Waals surface area (Å²) in [6.45, 7) is 0. The van der Waals surface area contributed by atoms with Gasteiger partial charge in [-0.2, -0.15) is 0 Å². The zero-order valence-electron chi connectivity index (χ0n) is 10.5. The smallest absolute Gasteiger partial charge is 0.287 e. The molecule has 0 bridgehead atoms. The van der Waals surface area contributed by atoms with E-state index in [-0.39, 0.29) is 22.5 Å². The van der Waals surface area contributed by atoms with Crippen molar-refractivity contribution in [3.8, 4) is 0 Å². The minimum absolute atomic E-state index is 0.00872. The van der Waals surface area contributed by atoms with Crippen LogP contribution < -0.4 is 5.73 Å². The maximum absolute atomic E-state index is 12.4. The van der Waals surface area contributed by atoms with Gasteiger partial charge in [-0.15, -0.1) is 0 Å². The summed E-state index contributed by atoms with van der Waals surface area (Å²) >= 11 is 3.18. The highest BCUT2D eigenvalue weighted by molar-refractivity contribution is 9.10. The van der Waals surface area contributed by atoms with Crippen LogP contribution in [0.25, 0.3) is 0 Å². The predicted molar refractivity (Wildman–Crippen MR) is 77.6 cm³/mol. The second-order valence-corrected chi connectivity index (χ2v) is 5.21. The largest absolute Gasteiger partial charge is 0.398 e. The zero-order valence-corrected chi connectivity index (χ0v) is 12.1. The number of aromatic nitrogens is 1. The van der Waals surface area contributed by atoms with E-state index < -0.39 is 17.7 Å². The van der Waals surface area contributed by atoms with Gasteiger partial charge in [0.05, 0.1) is 11.1 Å². The first kappa shape index (κ1) is 13.4. The number of nitrogen functional groups attached to an aromatic ring is 1. The Balaban J connectivity index is 2.09. The number of nitrogens with zero attached hydrogens (tertiary/aromatic N) is 2. The molecule has 0 radical (unpaired) electrons. The minimum atomic E-state index is -0.784. The summed E-state index contributed by atoms with van der Waals surface area (Å²) in [5, 5.41) is 0. The fourth-order valence-corrected chi connectivity index (χ4v) is 2.57. The third-order valence-corrected chi connectivity index (χ3v) is 3.75. The van der Waals surface area contributed by atoms with E-state index >= 15 is 0 Å². The molecule has 3 rings (SSSR count). The summed E-state index contributed by atoms with van der Waals surface area (Å²) < 4.78 is 0.402. The lowest BCUT2D eigenvalue weighted by atomic mass is 10.1. The molecule has 0 saturated carbocycles. The molecule has 1 aliphatic heterocycles. The highest BCUT2D eigenvalue weighted by Gasteiger charge is 2.42. The van der Waals surface area contributed by atoms with Crippen LogP contribution in [0.4, 0.5) is 5.69 Å². The van der Waals surface area contributed by atoms with Gasteiger partial charge in [0.25, 0.3) is 17.7 Å². The standard InChI is InChI=1S/C14H8BrN3O3/c15-8-4-2-6-17-11(8)14(21)18-12(19)7-3-1-5-9(16)10(7)13(18)20/h1-6H,16H2. The Hall–Kier alpha value is -2.54. The lowest BCUT2D eigenvalue weighted by Crippen LogP contribution is -2.36. The molecule has 2 N–H and O–H groups in total. The van der Waals surface area contributed by atoms with Gasteiger partial charge in [-0.1, -0.05) is 6.07 Å². The number of anilines is 1. The molecule has 0 fully saturated rings. The van der Waals surface area contributed by atoms with Gasteiger partial charge < -0.3 is 5.73 Å². The van der Waals surface area contributed by atoms with Crippen LogP contribution >= 0.6 is 15.9 Å². The Morgan fingerprint density at radius 3 is 2.57 bits per heavy atom. The lowest BCUT2D eigenvalue weighted by molar-refractivity contribution is 0.0563. The third-order valence-electron chi connectivity index (χ3n) is 3.11. The number of imide groups is 3. The van der Waals surface area contributed by atoms with Crippen molar-refractivity contribution in [2.75, 3.05) is 5.73 Å². The van der Waals surface area contributed by atoms with Crippen LogP contribution in [0.5, 0.6) is 0 Å². The number of rotatable bonds is 1. The van der Waals surface area contributed by atoms with Crippen LogP contribution in [-0.2, 0) is 0 Å². The van der Waals surface area contributed by atoms with Crippen LogP contribution in [0.3, 0.4) is 0 Å². The van der Waals surface area contributed by atoms with E-state index in [9.17, 15) is 14.4 Å². The molecule has 1 aliphatic rings. The number of fused-ring (bicyclic) bond motifs is 1. The summed E-state index contributed by atoms with van der Waals surface area (Å²) in [5.41, 5.74) is 6.06. The molecular formula is C14H8BrN3O3. The van der Waals surface area contributed by atoms with Gasteiger partial charge in [-0.25, -0.2) is 9.88 Å². The van der Waals surface area contributed by atoms with Gasteiger partial charge >= 0.3 is 0 Å². The fraction of sp³-hybridized carbons (Fsp3) is 0. The lowest BCUT2D eigenvalue weighted by Gasteiger charge is -2.12. The van der Waals surface area contributed by atoms with Crippen molar-refractivity contribution in [3.05, 3.63) is 57.8 Å². The zero-order chi connectivity index (χ0) is 15.1. The van der Waals surface area contributed by atoms with Crippen LogP contribution in [0, 0.1) is 0 Å². The Kier molecular flexibility index (Phi) is 3.06. The topological polar surface area (TPSA) is 93.4 Å². The second kappa shape index (κ2) is 4.78. The van der Waals surface area contributed by atoms with E-state index in [1.165, 1.54) is 18.3 Å². The van der Waals surface area contributed by atoms with Crippen molar-refractivity contribution in [1.82, 2.24) is 9.88 Å². The average molecular weight is 346 g/mol. The number of hydrogen-bond donors (Lipinski definition) is 1. The second-order valence-electron chi connectivity index (χ2n) is 4.35. The first-order chi connectivity index (χ1) is 10.0. The molecule has 7 heteroatoms. The number of hydrogen-bond acceptors (Lipinski definition) is 5. The van der Waals surface area contributed by atoms with E-state index in [4.69, 9.17) is 5.73 Å². The van der Waals surface area contributed by atoms with Gasteiger partial charge in [0.2, 0.25) is 0 Å². The maximum atomic E-state index is 12.4. The van der Waals surface area contributed by atoms with Gasteiger partial charge in [0, 0.05) is 16.4 Å². The highest BCUT2D eigenvalue weighted by Crippen LogP contribution is 2.29. The summed E-state index contributed by atoms with van der Waals surface area (Å²) in [6.07, 6.45) is 1.41. The van der Waals surface area contributed by atoms with Crippen LogP contribution in [0.1, 0.15) is 31.2 Å². The van der Waals surface area contributed by atoms with E-state index in [1.807, 2.05) is 0 Å². The van der Waals surface area contributed by atoms with E-state index in [1.54, 1.807) is 18.2 Å². The molecule has 21 heavy (non-hydrogen) atoms. The molecular weight excluding hydrogens is 338 g/mol. The van der Waals surface area contributed by atoms with Crippen LogP contribution in [0.15, 0.2) is 41.0 Å². The van der Waals surface area contributed by atoms with E-state index in [2.05, 4.69) is 20.9 Å². The quantitative estimate of drug-likeness (QED) is 0.628. The van der Waals surface area contributed by atoms with Crippen molar-refractivity contribution in [1.29, 1.82) is 0 Å².